The molecule has 20 heavy (non-hydrogen) atoms. The maximum atomic E-state index is 11.9. The number of aromatic hydroxyl groups is 1. The molecule has 4 heteroatoms. The van der Waals surface area contributed by atoms with Gasteiger partial charge in [-0.2, -0.15) is 0 Å². The second kappa shape index (κ2) is 4.49. The van der Waals surface area contributed by atoms with Gasteiger partial charge in [0.15, 0.2) is 0 Å². The molecule has 1 heterocycles. The van der Waals surface area contributed by atoms with Crippen molar-refractivity contribution in [2.24, 2.45) is 0 Å². The number of carbonyl (C=O) groups excluding carboxylic acids is 2. The predicted molar refractivity (Wildman–Crippen MR) is 74.7 cm³/mol. The van der Waals surface area contributed by atoms with Crippen molar-refractivity contribution in [1.82, 2.24) is 5.32 Å². The summed E-state index contributed by atoms with van der Waals surface area (Å²) in [7, 11) is 0. The summed E-state index contributed by atoms with van der Waals surface area (Å²) in [4.78, 5) is 23.6. The van der Waals surface area contributed by atoms with Gasteiger partial charge in [-0.15, -0.1) is 0 Å². The second-order valence-corrected chi connectivity index (χ2v) is 4.70. The quantitative estimate of drug-likeness (QED) is 0.821. The Balaban J connectivity index is 2.26. The summed E-state index contributed by atoms with van der Waals surface area (Å²) in [5, 5.41) is 11.9. The number of phenols is 1. The van der Waals surface area contributed by atoms with E-state index in [4.69, 9.17) is 0 Å². The maximum Gasteiger partial charge on any atom is 0.259 e. The fraction of sp³-hybridized carbons (Fsp3) is 0.125. The largest absolute Gasteiger partial charge is 0.508 e. The van der Waals surface area contributed by atoms with E-state index in [1.807, 2.05) is 19.1 Å². The van der Waals surface area contributed by atoms with Gasteiger partial charge >= 0.3 is 0 Å². The molecule has 2 aromatic rings. The molecule has 0 spiro atoms. The normalized spacial score (nSPS) is 13.2. The molecule has 0 saturated carbocycles. The molecule has 1 aliphatic heterocycles. The van der Waals surface area contributed by atoms with Crippen molar-refractivity contribution in [3.63, 3.8) is 0 Å². The van der Waals surface area contributed by atoms with E-state index in [1.165, 1.54) is 0 Å². The van der Waals surface area contributed by atoms with Crippen LogP contribution in [-0.2, 0) is 6.42 Å². The highest BCUT2D eigenvalue weighted by molar-refractivity contribution is 6.22. The Hall–Kier alpha value is -2.62. The molecule has 2 amide bonds. The highest BCUT2D eigenvalue weighted by Crippen LogP contribution is 2.32. The van der Waals surface area contributed by atoms with Gasteiger partial charge in [-0.25, -0.2) is 0 Å². The second-order valence-electron chi connectivity index (χ2n) is 4.70. The highest BCUT2D eigenvalue weighted by Gasteiger charge is 2.30. The van der Waals surface area contributed by atoms with Gasteiger partial charge in [0.2, 0.25) is 0 Å². The van der Waals surface area contributed by atoms with E-state index in [1.54, 1.807) is 24.3 Å². The van der Waals surface area contributed by atoms with Gasteiger partial charge in [0.05, 0.1) is 11.1 Å². The number of amides is 2. The van der Waals surface area contributed by atoms with Gasteiger partial charge < -0.3 is 5.11 Å². The SMILES string of the molecule is CCc1c(-c2cccc(O)c2)ccc2c1C(=O)NC2=O. The van der Waals surface area contributed by atoms with Crippen LogP contribution in [0.15, 0.2) is 36.4 Å². The predicted octanol–water partition coefficient (Wildman–Crippen LogP) is 2.51. The van der Waals surface area contributed by atoms with Crippen molar-refractivity contribution in [2.75, 3.05) is 0 Å². The van der Waals surface area contributed by atoms with E-state index < -0.39 is 0 Å². The Morgan fingerprint density at radius 2 is 1.80 bits per heavy atom. The lowest BCUT2D eigenvalue weighted by Crippen LogP contribution is -2.20. The maximum absolute atomic E-state index is 11.9. The molecular weight excluding hydrogens is 254 g/mol. The third kappa shape index (κ3) is 1.77. The Bertz CT molecular complexity index is 734. The van der Waals surface area contributed by atoms with Crippen LogP contribution in [0, 0.1) is 0 Å². The number of carbonyl (C=O) groups is 2. The van der Waals surface area contributed by atoms with Gasteiger partial charge in [-0.1, -0.05) is 25.1 Å². The third-order valence-corrected chi connectivity index (χ3v) is 3.52. The standard InChI is InChI=1S/C16H13NO3/c1-2-11-12(9-4-3-5-10(18)8-9)6-7-13-14(11)16(20)17-15(13)19/h3-8,18H,2H2,1H3,(H,17,19,20). The number of benzene rings is 2. The molecular formula is C16H13NO3. The van der Waals surface area contributed by atoms with Crippen LogP contribution in [0.3, 0.4) is 0 Å². The van der Waals surface area contributed by atoms with Crippen molar-refractivity contribution in [1.29, 1.82) is 0 Å². The molecule has 100 valence electrons. The number of rotatable bonds is 2. The number of hydrogen-bond acceptors (Lipinski definition) is 3. The van der Waals surface area contributed by atoms with Crippen LogP contribution < -0.4 is 5.32 Å². The number of imide groups is 1. The van der Waals surface area contributed by atoms with Crippen LogP contribution in [0.4, 0.5) is 0 Å². The van der Waals surface area contributed by atoms with E-state index in [-0.39, 0.29) is 17.6 Å². The van der Waals surface area contributed by atoms with Crippen molar-refractivity contribution in [2.45, 2.75) is 13.3 Å². The van der Waals surface area contributed by atoms with Gasteiger partial charge in [0.1, 0.15) is 5.75 Å². The first-order valence-corrected chi connectivity index (χ1v) is 6.42. The number of phenolic OH excluding ortho intramolecular Hbond substituents is 1. The molecule has 0 aliphatic carbocycles. The van der Waals surface area contributed by atoms with Crippen LogP contribution in [0.5, 0.6) is 5.75 Å². The summed E-state index contributed by atoms with van der Waals surface area (Å²) in [6.07, 6.45) is 0.634. The molecule has 0 aromatic heterocycles. The van der Waals surface area contributed by atoms with Crippen molar-refractivity contribution >= 4 is 11.8 Å². The Labute approximate surface area is 116 Å². The lowest BCUT2D eigenvalue weighted by molar-refractivity contribution is 0.0879. The van der Waals surface area contributed by atoms with Crippen LogP contribution in [-0.4, -0.2) is 16.9 Å². The fourth-order valence-corrected chi connectivity index (χ4v) is 2.64. The van der Waals surface area contributed by atoms with Crippen LogP contribution in [0.1, 0.15) is 33.2 Å². The van der Waals surface area contributed by atoms with Gasteiger partial charge in [-0.3, -0.25) is 14.9 Å². The number of nitrogens with one attached hydrogen (secondary N) is 1. The fourth-order valence-electron chi connectivity index (χ4n) is 2.64. The minimum absolute atomic E-state index is 0.172. The Morgan fingerprint density at radius 1 is 1.05 bits per heavy atom. The molecule has 2 N–H and O–H groups in total. The molecule has 0 unspecified atom stereocenters. The van der Waals surface area contributed by atoms with Crippen LogP contribution >= 0.6 is 0 Å². The first kappa shape index (κ1) is 12.4. The summed E-state index contributed by atoms with van der Waals surface area (Å²) in [5.41, 5.74) is 3.41. The van der Waals surface area contributed by atoms with Crippen LogP contribution in [0.25, 0.3) is 11.1 Å². The van der Waals surface area contributed by atoms with Crippen molar-refractivity contribution in [3.05, 3.63) is 53.1 Å². The summed E-state index contributed by atoms with van der Waals surface area (Å²) >= 11 is 0. The van der Waals surface area contributed by atoms with E-state index in [2.05, 4.69) is 5.32 Å². The molecule has 2 aromatic carbocycles. The molecule has 1 aliphatic rings. The highest BCUT2D eigenvalue weighted by atomic mass is 16.3. The summed E-state index contributed by atoms with van der Waals surface area (Å²) < 4.78 is 0. The molecule has 0 atom stereocenters. The van der Waals surface area contributed by atoms with E-state index in [0.717, 1.165) is 16.7 Å². The average Bonchev–Trinajstić information content (AvgIpc) is 2.73. The van der Waals surface area contributed by atoms with E-state index in [9.17, 15) is 14.7 Å². The van der Waals surface area contributed by atoms with Gasteiger partial charge in [0, 0.05) is 0 Å². The first-order chi connectivity index (χ1) is 9.61. The van der Waals surface area contributed by atoms with Crippen molar-refractivity contribution < 1.29 is 14.7 Å². The lowest BCUT2D eigenvalue weighted by atomic mass is 9.91. The minimum atomic E-state index is -0.345. The Morgan fingerprint density at radius 3 is 2.50 bits per heavy atom. The molecule has 0 radical (unpaired) electrons. The topological polar surface area (TPSA) is 66.4 Å². The molecule has 4 nitrogen and oxygen atoms in total. The molecule has 0 saturated heterocycles. The summed E-state index contributed by atoms with van der Waals surface area (Å²) in [5.74, 6) is -0.517. The lowest BCUT2D eigenvalue weighted by Gasteiger charge is -2.11. The summed E-state index contributed by atoms with van der Waals surface area (Å²) in [6, 6.07) is 10.4. The molecule has 0 bridgehead atoms. The Kier molecular flexibility index (Phi) is 2.79. The van der Waals surface area contributed by atoms with Gasteiger partial charge in [-0.05, 0) is 41.3 Å². The zero-order valence-electron chi connectivity index (χ0n) is 10.9. The monoisotopic (exact) mass is 267 g/mol. The third-order valence-electron chi connectivity index (χ3n) is 3.52. The van der Waals surface area contributed by atoms with E-state index in [0.29, 0.717) is 17.5 Å². The minimum Gasteiger partial charge on any atom is -0.508 e. The molecule has 0 fully saturated rings. The first-order valence-electron chi connectivity index (χ1n) is 6.42. The van der Waals surface area contributed by atoms with Crippen molar-refractivity contribution in [3.8, 4) is 16.9 Å². The van der Waals surface area contributed by atoms with E-state index >= 15 is 0 Å². The molecule has 3 rings (SSSR count). The van der Waals surface area contributed by atoms with Gasteiger partial charge in [0.25, 0.3) is 11.8 Å². The number of hydrogen-bond donors (Lipinski definition) is 2. The summed E-state index contributed by atoms with van der Waals surface area (Å²) in [6.45, 7) is 1.94. The number of fused-ring (bicyclic) bond motifs is 1. The van der Waals surface area contributed by atoms with Crippen LogP contribution in [0.2, 0.25) is 0 Å². The smallest absolute Gasteiger partial charge is 0.259 e. The zero-order chi connectivity index (χ0) is 14.3. The average molecular weight is 267 g/mol. The zero-order valence-corrected chi connectivity index (χ0v) is 10.9.